The fourth-order valence-electron chi connectivity index (χ4n) is 3.92. The van der Waals surface area contributed by atoms with Crippen LogP contribution in [-0.2, 0) is 13.0 Å². The zero-order chi connectivity index (χ0) is 18.3. The molecule has 136 valence electrons. The van der Waals surface area contributed by atoms with E-state index < -0.39 is 0 Å². The number of rotatable bonds is 5. The first-order valence-electron chi connectivity index (χ1n) is 8.65. The van der Waals surface area contributed by atoms with Gasteiger partial charge in [-0.1, -0.05) is 18.7 Å². The van der Waals surface area contributed by atoms with Crippen molar-refractivity contribution >= 4 is 6.08 Å². The summed E-state index contributed by atoms with van der Waals surface area (Å²) in [6.07, 6.45) is 2.73. The molecule has 2 aromatic rings. The van der Waals surface area contributed by atoms with Gasteiger partial charge in [0.15, 0.2) is 23.0 Å². The lowest BCUT2D eigenvalue weighted by Crippen LogP contribution is -2.19. The van der Waals surface area contributed by atoms with Gasteiger partial charge >= 0.3 is 0 Å². The van der Waals surface area contributed by atoms with Crippen LogP contribution in [0, 0.1) is 0 Å². The van der Waals surface area contributed by atoms with Crippen molar-refractivity contribution in [1.29, 1.82) is 0 Å². The predicted molar refractivity (Wildman–Crippen MR) is 100 cm³/mol. The van der Waals surface area contributed by atoms with Crippen molar-refractivity contribution in [2.45, 2.75) is 19.0 Å². The van der Waals surface area contributed by atoms with Gasteiger partial charge in [-0.25, -0.2) is 0 Å². The third-order valence-corrected chi connectivity index (χ3v) is 5.25. The van der Waals surface area contributed by atoms with Crippen molar-refractivity contribution in [3.05, 3.63) is 53.1 Å². The Morgan fingerprint density at radius 1 is 1.19 bits per heavy atom. The molecule has 1 unspecified atom stereocenters. The number of methoxy groups -OCH3 is 2. The Kier molecular flexibility index (Phi) is 4.24. The molecule has 5 nitrogen and oxygen atoms in total. The highest BCUT2D eigenvalue weighted by Gasteiger charge is 2.32. The highest BCUT2D eigenvalue weighted by atomic mass is 16.7. The van der Waals surface area contributed by atoms with Gasteiger partial charge in [0.25, 0.3) is 0 Å². The van der Waals surface area contributed by atoms with Crippen LogP contribution in [-0.4, -0.2) is 33.0 Å². The largest absolute Gasteiger partial charge is 0.493 e. The van der Waals surface area contributed by atoms with Crippen molar-refractivity contribution in [3.8, 4) is 23.0 Å². The Hall–Kier alpha value is -2.66. The molecule has 5 heteroatoms. The van der Waals surface area contributed by atoms with Gasteiger partial charge in [0.1, 0.15) is 0 Å². The zero-order valence-corrected chi connectivity index (χ0v) is 15.4. The molecule has 0 aromatic heterocycles. The maximum atomic E-state index is 5.63. The summed E-state index contributed by atoms with van der Waals surface area (Å²) in [4.78, 5) is 2.34. The van der Waals surface area contributed by atoms with Crippen LogP contribution in [0.5, 0.6) is 23.0 Å². The maximum Gasteiger partial charge on any atom is 0.231 e. The lowest BCUT2D eigenvalue weighted by atomic mass is 9.94. The molecule has 0 saturated carbocycles. The topological polar surface area (TPSA) is 40.2 Å². The summed E-state index contributed by atoms with van der Waals surface area (Å²) in [6.45, 7) is 5.06. The molecular formula is C21H23NO4. The van der Waals surface area contributed by atoms with E-state index in [-0.39, 0.29) is 12.8 Å². The first-order chi connectivity index (χ1) is 12.7. The second-order valence-electron chi connectivity index (χ2n) is 6.61. The second kappa shape index (κ2) is 6.57. The molecule has 0 aliphatic carbocycles. The smallest absolute Gasteiger partial charge is 0.231 e. The van der Waals surface area contributed by atoms with Crippen molar-refractivity contribution in [3.63, 3.8) is 0 Å². The maximum absolute atomic E-state index is 5.63. The van der Waals surface area contributed by atoms with Gasteiger partial charge in [0.2, 0.25) is 6.79 Å². The van der Waals surface area contributed by atoms with Crippen molar-refractivity contribution < 1.29 is 18.9 Å². The first kappa shape index (κ1) is 16.8. The van der Waals surface area contributed by atoms with Crippen molar-refractivity contribution in [2.75, 3.05) is 28.1 Å². The van der Waals surface area contributed by atoms with Crippen LogP contribution in [0.25, 0.3) is 6.08 Å². The van der Waals surface area contributed by atoms with Gasteiger partial charge < -0.3 is 18.9 Å². The number of fused-ring (bicyclic) bond motifs is 2. The normalized spacial score (nSPS) is 17.9. The molecule has 1 atom stereocenters. The third kappa shape index (κ3) is 2.59. The van der Waals surface area contributed by atoms with E-state index in [2.05, 4.69) is 30.7 Å². The van der Waals surface area contributed by atoms with Crippen LogP contribution < -0.4 is 18.9 Å². The minimum atomic E-state index is 0.254. The molecule has 0 N–H and O–H groups in total. The molecular weight excluding hydrogens is 330 g/mol. The molecule has 0 spiro atoms. The summed E-state index contributed by atoms with van der Waals surface area (Å²) in [7, 11) is 5.50. The van der Waals surface area contributed by atoms with Crippen LogP contribution in [0.3, 0.4) is 0 Å². The molecule has 0 saturated heterocycles. The highest BCUT2D eigenvalue weighted by Crippen LogP contribution is 2.45. The number of nitrogens with zero attached hydrogens (tertiary/aromatic N) is 1. The molecule has 2 aromatic carbocycles. The fourth-order valence-corrected chi connectivity index (χ4v) is 3.92. The predicted octanol–water partition coefficient (Wildman–Crippen LogP) is 3.80. The number of ether oxygens (including phenoxy) is 4. The summed E-state index contributed by atoms with van der Waals surface area (Å²) in [6, 6.07) is 8.47. The molecule has 0 amide bonds. The Balaban J connectivity index is 1.72. The molecule has 0 fully saturated rings. The van der Waals surface area contributed by atoms with E-state index in [0.717, 1.165) is 41.5 Å². The van der Waals surface area contributed by atoms with E-state index in [1.807, 2.05) is 18.2 Å². The zero-order valence-electron chi connectivity index (χ0n) is 15.4. The van der Waals surface area contributed by atoms with Gasteiger partial charge in [0.05, 0.1) is 14.2 Å². The Morgan fingerprint density at radius 2 is 1.96 bits per heavy atom. The summed E-state index contributed by atoms with van der Waals surface area (Å²) < 4.78 is 22.1. The Labute approximate surface area is 153 Å². The number of benzene rings is 2. The summed E-state index contributed by atoms with van der Waals surface area (Å²) in [5.74, 6) is 3.19. The van der Waals surface area contributed by atoms with E-state index >= 15 is 0 Å². The van der Waals surface area contributed by atoms with Crippen LogP contribution in [0.4, 0.5) is 0 Å². The molecule has 2 aliphatic rings. The van der Waals surface area contributed by atoms with Gasteiger partial charge in [0, 0.05) is 18.2 Å². The Morgan fingerprint density at radius 3 is 2.65 bits per heavy atom. The van der Waals surface area contributed by atoms with E-state index in [1.54, 1.807) is 14.2 Å². The molecule has 0 bridgehead atoms. The lowest BCUT2D eigenvalue weighted by Gasteiger charge is -2.21. The molecule has 4 rings (SSSR count). The minimum Gasteiger partial charge on any atom is -0.493 e. The average molecular weight is 353 g/mol. The third-order valence-electron chi connectivity index (χ3n) is 5.25. The summed E-state index contributed by atoms with van der Waals surface area (Å²) >= 11 is 0. The average Bonchev–Trinajstić information content (AvgIpc) is 3.24. The standard InChI is InChI=1S/C21H23NO4/c1-5-13-9-19-20(26-12-25-19)10-14(13)8-17-15-6-7-18(23-3)21(24-4)16(15)11-22(17)2/h5-7,9-10,17H,1,8,11-12H2,2-4H3. The van der Waals surface area contributed by atoms with Crippen LogP contribution in [0.2, 0.25) is 0 Å². The summed E-state index contributed by atoms with van der Waals surface area (Å²) in [5.41, 5.74) is 4.75. The van der Waals surface area contributed by atoms with E-state index in [0.29, 0.717) is 0 Å². The molecule has 0 radical (unpaired) electrons. The van der Waals surface area contributed by atoms with Crippen molar-refractivity contribution in [2.24, 2.45) is 0 Å². The second-order valence-corrected chi connectivity index (χ2v) is 6.61. The summed E-state index contributed by atoms with van der Waals surface area (Å²) in [5, 5.41) is 0. The van der Waals surface area contributed by atoms with E-state index in [4.69, 9.17) is 18.9 Å². The number of likely N-dealkylation sites (N-methyl/N-ethyl adjacent to an activating group) is 1. The van der Waals surface area contributed by atoms with Crippen LogP contribution in [0.15, 0.2) is 30.8 Å². The lowest BCUT2D eigenvalue weighted by molar-refractivity contribution is 0.174. The Bertz CT molecular complexity index is 862. The van der Waals surface area contributed by atoms with E-state index in [9.17, 15) is 0 Å². The SMILES string of the molecule is C=Cc1cc2c(cc1CC1c3ccc(OC)c(OC)c3CN1C)OCO2. The van der Waals surface area contributed by atoms with Crippen LogP contribution >= 0.6 is 0 Å². The first-order valence-corrected chi connectivity index (χ1v) is 8.65. The number of hydrogen-bond donors (Lipinski definition) is 0. The minimum absolute atomic E-state index is 0.254. The van der Waals surface area contributed by atoms with E-state index in [1.165, 1.54) is 16.7 Å². The quantitative estimate of drug-likeness (QED) is 0.818. The fraction of sp³-hybridized carbons (Fsp3) is 0.333. The monoisotopic (exact) mass is 353 g/mol. The van der Waals surface area contributed by atoms with Gasteiger partial charge in [-0.15, -0.1) is 0 Å². The van der Waals surface area contributed by atoms with Gasteiger partial charge in [-0.05, 0) is 48.4 Å². The molecule has 2 aliphatic heterocycles. The molecule has 26 heavy (non-hydrogen) atoms. The van der Waals surface area contributed by atoms with Gasteiger partial charge in [-0.3, -0.25) is 4.90 Å². The van der Waals surface area contributed by atoms with Crippen molar-refractivity contribution in [1.82, 2.24) is 4.90 Å². The highest BCUT2D eigenvalue weighted by molar-refractivity contribution is 5.61. The van der Waals surface area contributed by atoms with Crippen LogP contribution in [0.1, 0.15) is 28.3 Å². The van der Waals surface area contributed by atoms with Gasteiger partial charge in [-0.2, -0.15) is 0 Å². The molecule has 2 heterocycles. The number of hydrogen-bond acceptors (Lipinski definition) is 5.